The van der Waals surface area contributed by atoms with Crippen LogP contribution in [0.2, 0.25) is 0 Å². The molecule has 2 fully saturated rings. The number of likely N-dealkylation sites (N-methyl/N-ethyl adjacent to an activating group) is 1. The van der Waals surface area contributed by atoms with Crippen LogP contribution >= 0.6 is 0 Å². The first-order valence-electron chi connectivity index (χ1n) is 16.5. The fourth-order valence-electron chi connectivity index (χ4n) is 6.56. The number of aliphatic imine (C=N–C) groups is 1. The lowest BCUT2D eigenvalue weighted by molar-refractivity contribution is 0.0774. The van der Waals surface area contributed by atoms with Gasteiger partial charge in [0.15, 0.2) is 11.5 Å². The maximum absolute atomic E-state index is 13.1. The summed E-state index contributed by atoms with van der Waals surface area (Å²) >= 11 is 0. The molecule has 2 saturated heterocycles. The smallest absolute Gasteiger partial charge is 0.256 e. The number of H-pyrrole nitrogens is 1. The summed E-state index contributed by atoms with van der Waals surface area (Å²) in [5.74, 6) is 2.83. The molecule has 0 aliphatic carbocycles. The summed E-state index contributed by atoms with van der Waals surface area (Å²) in [6.45, 7) is 9.51. The molecule has 0 saturated carbocycles. The van der Waals surface area contributed by atoms with Crippen molar-refractivity contribution in [3.05, 3.63) is 60.2 Å². The number of methoxy groups -OCH3 is 1. The number of aromatic amines is 1. The monoisotopic (exact) mass is 622 g/mol. The van der Waals surface area contributed by atoms with E-state index in [1.54, 1.807) is 13.2 Å². The van der Waals surface area contributed by atoms with Crippen molar-refractivity contribution < 1.29 is 19.0 Å². The van der Waals surface area contributed by atoms with Gasteiger partial charge in [-0.2, -0.15) is 0 Å². The van der Waals surface area contributed by atoms with Gasteiger partial charge in [-0.25, -0.2) is 4.98 Å². The van der Waals surface area contributed by atoms with E-state index in [0.29, 0.717) is 36.0 Å². The van der Waals surface area contributed by atoms with Crippen molar-refractivity contribution in [2.24, 2.45) is 4.99 Å². The molecular formula is C36H42N6O4. The molecule has 46 heavy (non-hydrogen) atoms. The second-order valence-electron chi connectivity index (χ2n) is 12.1. The van der Waals surface area contributed by atoms with E-state index in [1.807, 2.05) is 41.4 Å². The summed E-state index contributed by atoms with van der Waals surface area (Å²) in [5.41, 5.74) is 5.49. The van der Waals surface area contributed by atoms with Crippen LogP contribution in [0.1, 0.15) is 43.0 Å². The van der Waals surface area contributed by atoms with Gasteiger partial charge in [0.25, 0.3) is 5.91 Å². The predicted octanol–water partition coefficient (Wildman–Crippen LogP) is 5.94. The number of imidazole rings is 1. The number of rotatable bonds is 11. The SMILES string of the molecule is CCN1CCN(c2ccc3nc(-c4ccc(OCCCCOc5cc6c(cc5OC)C(=O)N5CCC[C@H]5C=N6)cc4)[nH]c3c2)CC1. The van der Waals surface area contributed by atoms with E-state index in [0.717, 1.165) is 93.1 Å². The number of piperazine rings is 1. The van der Waals surface area contributed by atoms with Gasteiger partial charge < -0.3 is 33.9 Å². The first-order valence-corrected chi connectivity index (χ1v) is 16.5. The van der Waals surface area contributed by atoms with Gasteiger partial charge in [0.1, 0.15) is 11.6 Å². The largest absolute Gasteiger partial charge is 0.494 e. The molecule has 1 amide bonds. The number of aromatic nitrogens is 2. The van der Waals surface area contributed by atoms with Crippen molar-refractivity contribution in [2.75, 3.05) is 64.5 Å². The number of unbranched alkanes of at least 4 members (excludes halogenated alkanes) is 1. The van der Waals surface area contributed by atoms with Crippen LogP contribution in [0.3, 0.4) is 0 Å². The molecule has 10 heteroatoms. The van der Waals surface area contributed by atoms with Crippen molar-refractivity contribution in [2.45, 2.75) is 38.6 Å². The molecule has 1 N–H and O–H groups in total. The lowest BCUT2D eigenvalue weighted by Gasteiger charge is -2.35. The maximum Gasteiger partial charge on any atom is 0.256 e. The maximum atomic E-state index is 13.1. The number of hydrogen-bond donors (Lipinski definition) is 1. The number of nitrogens with one attached hydrogen (secondary N) is 1. The average Bonchev–Trinajstić information content (AvgIpc) is 3.73. The van der Waals surface area contributed by atoms with E-state index in [1.165, 1.54) is 5.69 Å². The molecule has 3 aliphatic rings. The summed E-state index contributed by atoms with van der Waals surface area (Å²) in [4.78, 5) is 32.9. The van der Waals surface area contributed by atoms with Crippen molar-refractivity contribution in [3.63, 3.8) is 0 Å². The van der Waals surface area contributed by atoms with Gasteiger partial charge in [-0.3, -0.25) is 9.79 Å². The number of carbonyl (C=O) groups is 1. The highest BCUT2D eigenvalue weighted by Crippen LogP contribution is 2.38. The Labute approximate surface area is 270 Å². The van der Waals surface area contributed by atoms with Gasteiger partial charge >= 0.3 is 0 Å². The van der Waals surface area contributed by atoms with Crippen LogP contribution in [0.25, 0.3) is 22.4 Å². The molecule has 1 aromatic heterocycles. The molecule has 3 aromatic carbocycles. The van der Waals surface area contributed by atoms with E-state index >= 15 is 0 Å². The highest BCUT2D eigenvalue weighted by Gasteiger charge is 2.32. The average molecular weight is 623 g/mol. The van der Waals surface area contributed by atoms with E-state index in [2.05, 4.69) is 44.9 Å². The van der Waals surface area contributed by atoms with E-state index in [9.17, 15) is 4.79 Å². The topological polar surface area (TPSA) is 95.5 Å². The minimum Gasteiger partial charge on any atom is -0.494 e. The van der Waals surface area contributed by atoms with Gasteiger partial charge in [-0.05, 0) is 80.8 Å². The number of fused-ring (bicyclic) bond motifs is 3. The molecule has 0 unspecified atom stereocenters. The number of anilines is 1. The third-order valence-electron chi connectivity index (χ3n) is 9.30. The zero-order valence-corrected chi connectivity index (χ0v) is 26.7. The minimum atomic E-state index is 0.00765. The van der Waals surface area contributed by atoms with E-state index in [-0.39, 0.29) is 11.9 Å². The Kier molecular flexibility index (Phi) is 8.78. The summed E-state index contributed by atoms with van der Waals surface area (Å²) in [5, 5.41) is 0. The fourth-order valence-corrected chi connectivity index (χ4v) is 6.56. The number of carbonyl (C=O) groups excluding carboxylic acids is 1. The molecular weight excluding hydrogens is 580 g/mol. The summed E-state index contributed by atoms with van der Waals surface area (Å²) in [6, 6.07) is 18.2. The van der Waals surface area contributed by atoms with Crippen LogP contribution in [0.4, 0.5) is 11.4 Å². The second-order valence-corrected chi connectivity index (χ2v) is 12.1. The Balaban J connectivity index is 0.893. The molecule has 240 valence electrons. The zero-order chi connectivity index (χ0) is 31.5. The molecule has 0 bridgehead atoms. The first kappa shape index (κ1) is 30.1. The molecule has 7 rings (SSSR count). The summed E-state index contributed by atoms with van der Waals surface area (Å²) in [7, 11) is 1.59. The van der Waals surface area contributed by atoms with Crippen LogP contribution in [-0.4, -0.2) is 97.5 Å². The number of benzene rings is 3. The van der Waals surface area contributed by atoms with Crippen LogP contribution in [0, 0.1) is 0 Å². The third kappa shape index (κ3) is 6.26. The molecule has 4 heterocycles. The van der Waals surface area contributed by atoms with Gasteiger partial charge in [-0.1, -0.05) is 6.92 Å². The van der Waals surface area contributed by atoms with Crippen molar-refractivity contribution in [1.29, 1.82) is 0 Å². The number of nitrogens with zero attached hydrogens (tertiary/aromatic N) is 5. The molecule has 4 aromatic rings. The lowest BCUT2D eigenvalue weighted by atomic mass is 10.1. The minimum absolute atomic E-state index is 0.00765. The summed E-state index contributed by atoms with van der Waals surface area (Å²) < 4.78 is 17.6. The van der Waals surface area contributed by atoms with Gasteiger partial charge in [-0.15, -0.1) is 0 Å². The van der Waals surface area contributed by atoms with Crippen LogP contribution in [0.15, 0.2) is 59.6 Å². The van der Waals surface area contributed by atoms with Crippen molar-refractivity contribution >= 4 is 34.5 Å². The Morgan fingerprint density at radius 3 is 2.50 bits per heavy atom. The van der Waals surface area contributed by atoms with Gasteiger partial charge in [0, 0.05) is 56.3 Å². The zero-order valence-electron chi connectivity index (χ0n) is 26.7. The Bertz CT molecular complexity index is 1710. The van der Waals surface area contributed by atoms with Crippen LogP contribution in [0.5, 0.6) is 17.2 Å². The van der Waals surface area contributed by atoms with Gasteiger partial charge in [0.05, 0.1) is 48.6 Å². The first-order chi connectivity index (χ1) is 22.6. The Hall–Kier alpha value is -4.57. The highest BCUT2D eigenvalue weighted by atomic mass is 16.5. The fraction of sp³-hybridized carbons (Fsp3) is 0.417. The molecule has 10 nitrogen and oxygen atoms in total. The summed E-state index contributed by atoms with van der Waals surface area (Å²) in [6.07, 6.45) is 5.49. The lowest BCUT2D eigenvalue weighted by Crippen LogP contribution is -2.46. The number of hydrogen-bond acceptors (Lipinski definition) is 8. The molecule has 3 aliphatic heterocycles. The van der Waals surface area contributed by atoms with Gasteiger partial charge in [0.2, 0.25) is 0 Å². The Morgan fingerprint density at radius 1 is 0.913 bits per heavy atom. The van der Waals surface area contributed by atoms with E-state index in [4.69, 9.17) is 19.2 Å². The third-order valence-corrected chi connectivity index (χ3v) is 9.30. The standard InChI is InChI=1S/C36H42N6O4/c1-3-40-15-17-41(18-16-40)26-10-13-30-32(21-26)39-35(38-30)25-8-11-28(12-9-25)45-19-4-5-20-46-34-23-31-29(22-33(34)44-2)36(43)42-14-6-7-27(42)24-37-31/h8-13,21-24,27H,3-7,14-20H2,1-2H3,(H,38,39)/t27-/m0/s1. The van der Waals surface area contributed by atoms with Crippen LogP contribution in [-0.2, 0) is 0 Å². The highest BCUT2D eigenvalue weighted by molar-refractivity contribution is 6.03. The van der Waals surface area contributed by atoms with Crippen molar-refractivity contribution in [1.82, 2.24) is 19.8 Å². The number of amides is 1. The van der Waals surface area contributed by atoms with Crippen molar-refractivity contribution in [3.8, 4) is 28.6 Å². The molecule has 0 spiro atoms. The quantitative estimate of drug-likeness (QED) is 0.207. The Morgan fingerprint density at radius 2 is 1.72 bits per heavy atom. The van der Waals surface area contributed by atoms with E-state index < -0.39 is 0 Å². The normalized spacial score (nSPS) is 18.0. The number of ether oxygens (including phenoxy) is 3. The second kappa shape index (κ2) is 13.4. The van der Waals surface area contributed by atoms with Crippen LogP contribution < -0.4 is 19.1 Å². The predicted molar refractivity (Wildman–Crippen MR) is 181 cm³/mol. The molecule has 0 radical (unpaired) electrons. The molecule has 1 atom stereocenters.